The van der Waals surface area contributed by atoms with Crippen LogP contribution in [-0.2, 0) is 0 Å². The zero-order chi connectivity index (χ0) is 21.6. The highest BCUT2D eigenvalue weighted by atomic mass is 16.5. The third-order valence-corrected chi connectivity index (χ3v) is 4.55. The first-order chi connectivity index (χ1) is 15.2. The highest BCUT2D eigenvalue weighted by molar-refractivity contribution is 5.68. The molecule has 0 amide bonds. The van der Waals surface area contributed by atoms with Gasteiger partial charge in [-0.25, -0.2) is 15.0 Å². The van der Waals surface area contributed by atoms with Gasteiger partial charge in [-0.1, -0.05) is 0 Å². The number of nitrogens with zero attached hydrogens (tertiary/aromatic N) is 4. The third kappa shape index (κ3) is 4.50. The molecule has 0 aliphatic heterocycles. The van der Waals surface area contributed by atoms with E-state index in [0.717, 1.165) is 17.1 Å². The van der Waals surface area contributed by atoms with Crippen molar-refractivity contribution in [2.45, 2.75) is 0 Å². The van der Waals surface area contributed by atoms with E-state index in [1.165, 1.54) is 6.33 Å². The van der Waals surface area contributed by atoms with Gasteiger partial charge in [0.15, 0.2) is 11.5 Å². The lowest BCUT2D eigenvalue weighted by molar-refractivity contribution is 0.324. The minimum atomic E-state index is 0.528. The Morgan fingerprint density at radius 1 is 0.774 bits per heavy atom. The lowest BCUT2D eigenvalue weighted by Crippen LogP contribution is -2.00. The van der Waals surface area contributed by atoms with Crippen molar-refractivity contribution in [3.05, 3.63) is 67.5 Å². The van der Waals surface area contributed by atoms with Crippen molar-refractivity contribution in [2.75, 3.05) is 32.0 Å². The highest BCUT2D eigenvalue weighted by Crippen LogP contribution is 2.40. The maximum absolute atomic E-state index is 5.40. The molecule has 0 bridgehead atoms. The van der Waals surface area contributed by atoms with Crippen LogP contribution >= 0.6 is 0 Å². The molecule has 0 radical (unpaired) electrons. The molecule has 0 unspecified atom stereocenters. The molecule has 0 aliphatic carbocycles. The molecule has 4 rings (SSSR count). The summed E-state index contributed by atoms with van der Waals surface area (Å²) in [5.41, 5.74) is 2.67. The molecule has 0 atom stereocenters. The number of imidazole rings is 1. The summed E-state index contributed by atoms with van der Waals surface area (Å²) in [6, 6.07) is 13.4. The second kappa shape index (κ2) is 9.04. The van der Waals surface area contributed by atoms with E-state index in [2.05, 4.69) is 25.6 Å². The number of nitrogens with one attached hydrogen (secondary N) is 2. The van der Waals surface area contributed by atoms with Gasteiger partial charge in [-0.2, -0.15) is 0 Å². The molecule has 2 aromatic heterocycles. The standard InChI is InChI=1S/C22H22N6O3/c1-29-18-10-16(11-19(30-2)22(18)31-3)27-21-12-20(24-13-25-21)26-15-4-6-17(7-5-15)28-9-8-23-14-28/h4-14H,1-3H3,(H2,24,25,26,27). The van der Waals surface area contributed by atoms with Gasteiger partial charge in [0.1, 0.15) is 18.0 Å². The van der Waals surface area contributed by atoms with E-state index in [-0.39, 0.29) is 0 Å². The highest BCUT2D eigenvalue weighted by Gasteiger charge is 2.13. The quantitative estimate of drug-likeness (QED) is 0.440. The van der Waals surface area contributed by atoms with Crippen LogP contribution in [0.25, 0.3) is 5.69 Å². The monoisotopic (exact) mass is 418 g/mol. The van der Waals surface area contributed by atoms with Gasteiger partial charge >= 0.3 is 0 Å². The SMILES string of the molecule is COc1cc(Nc2cc(Nc3ccc(-n4ccnc4)cc3)ncn2)cc(OC)c1OC. The fourth-order valence-electron chi connectivity index (χ4n) is 3.07. The molecule has 9 heteroatoms. The molecule has 0 spiro atoms. The Morgan fingerprint density at radius 3 is 1.97 bits per heavy atom. The molecule has 4 aromatic rings. The molecular weight excluding hydrogens is 396 g/mol. The zero-order valence-electron chi connectivity index (χ0n) is 17.4. The summed E-state index contributed by atoms with van der Waals surface area (Å²) in [5.74, 6) is 2.89. The Morgan fingerprint density at radius 2 is 1.42 bits per heavy atom. The molecule has 2 aromatic carbocycles. The van der Waals surface area contributed by atoms with Crippen molar-refractivity contribution in [1.82, 2.24) is 19.5 Å². The predicted molar refractivity (Wildman–Crippen MR) is 118 cm³/mol. The maximum atomic E-state index is 5.40. The Kier molecular flexibility index (Phi) is 5.84. The van der Waals surface area contributed by atoms with Crippen LogP contribution in [0.4, 0.5) is 23.0 Å². The Bertz CT molecular complexity index is 1120. The summed E-state index contributed by atoms with van der Waals surface area (Å²) in [5, 5.41) is 6.52. The predicted octanol–water partition coefficient (Wildman–Crippen LogP) is 4.18. The van der Waals surface area contributed by atoms with Gasteiger partial charge in [-0.3, -0.25) is 0 Å². The van der Waals surface area contributed by atoms with Crippen molar-refractivity contribution >= 4 is 23.0 Å². The average Bonchev–Trinajstić information content (AvgIpc) is 3.34. The van der Waals surface area contributed by atoms with Gasteiger partial charge in [0.25, 0.3) is 0 Å². The molecule has 9 nitrogen and oxygen atoms in total. The molecule has 31 heavy (non-hydrogen) atoms. The average molecular weight is 418 g/mol. The van der Waals surface area contributed by atoms with Crippen LogP contribution in [0.3, 0.4) is 0 Å². The van der Waals surface area contributed by atoms with E-state index in [9.17, 15) is 0 Å². The van der Waals surface area contributed by atoms with E-state index >= 15 is 0 Å². The van der Waals surface area contributed by atoms with Crippen molar-refractivity contribution in [3.63, 3.8) is 0 Å². The van der Waals surface area contributed by atoms with Crippen LogP contribution in [0.15, 0.2) is 67.5 Å². The van der Waals surface area contributed by atoms with E-state index in [1.807, 2.05) is 53.2 Å². The van der Waals surface area contributed by atoms with Crippen molar-refractivity contribution in [3.8, 4) is 22.9 Å². The summed E-state index contributed by atoms with van der Waals surface area (Å²) in [7, 11) is 4.72. The fraction of sp³-hybridized carbons (Fsp3) is 0.136. The number of rotatable bonds is 8. The number of aromatic nitrogens is 4. The first kappa shape index (κ1) is 20.0. The normalized spacial score (nSPS) is 10.4. The lowest BCUT2D eigenvalue weighted by Gasteiger charge is -2.15. The largest absolute Gasteiger partial charge is 0.493 e. The molecule has 0 saturated carbocycles. The second-order valence-corrected chi connectivity index (χ2v) is 6.47. The molecule has 2 heterocycles. The summed E-state index contributed by atoms with van der Waals surface area (Å²) in [6.45, 7) is 0. The van der Waals surface area contributed by atoms with E-state index in [4.69, 9.17) is 14.2 Å². The molecular formula is C22H22N6O3. The van der Waals surface area contributed by atoms with Gasteiger partial charge in [-0.15, -0.1) is 0 Å². The van der Waals surface area contributed by atoms with Crippen LogP contribution < -0.4 is 24.8 Å². The summed E-state index contributed by atoms with van der Waals surface area (Å²) < 4.78 is 18.1. The van der Waals surface area contributed by atoms with E-state index in [1.54, 1.807) is 33.9 Å². The van der Waals surface area contributed by atoms with Gasteiger partial charge < -0.3 is 29.4 Å². The Labute approximate surface area is 179 Å². The number of benzene rings is 2. The minimum absolute atomic E-state index is 0.528. The van der Waals surface area contributed by atoms with Crippen molar-refractivity contribution in [2.24, 2.45) is 0 Å². The maximum Gasteiger partial charge on any atom is 0.203 e. The van der Waals surface area contributed by atoms with Crippen molar-refractivity contribution in [1.29, 1.82) is 0 Å². The zero-order valence-corrected chi connectivity index (χ0v) is 17.4. The Balaban J connectivity index is 1.51. The van der Waals surface area contributed by atoms with Crippen LogP contribution in [0.2, 0.25) is 0 Å². The van der Waals surface area contributed by atoms with E-state index < -0.39 is 0 Å². The van der Waals surface area contributed by atoms with Gasteiger partial charge in [0, 0.05) is 47.7 Å². The third-order valence-electron chi connectivity index (χ3n) is 4.55. The van der Waals surface area contributed by atoms with Gasteiger partial charge in [-0.05, 0) is 24.3 Å². The number of hydrogen-bond donors (Lipinski definition) is 2. The topological polar surface area (TPSA) is 95.4 Å². The van der Waals surface area contributed by atoms with E-state index in [0.29, 0.717) is 28.9 Å². The van der Waals surface area contributed by atoms with Crippen LogP contribution in [0, 0.1) is 0 Å². The number of anilines is 4. The molecule has 0 fully saturated rings. The summed E-state index contributed by atoms with van der Waals surface area (Å²) in [6.07, 6.45) is 6.89. The van der Waals surface area contributed by atoms with Gasteiger partial charge in [0.2, 0.25) is 5.75 Å². The molecule has 2 N–H and O–H groups in total. The number of hydrogen-bond acceptors (Lipinski definition) is 8. The van der Waals surface area contributed by atoms with Gasteiger partial charge in [0.05, 0.1) is 27.7 Å². The van der Waals surface area contributed by atoms with Crippen LogP contribution in [0.5, 0.6) is 17.2 Å². The minimum Gasteiger partial charge on any atom is -0.493 e. The molecule has 0 aliphatic rings. The Hall–Kier alpha value is -4.27. The first-order valence-corrected chi connectivity index (χ1v) is 9.44. The number of ether oxygens (including phenoxy) is 3. The summed E-state index contributed by atoms with van der Waals surface area (Å²) >= 11 is 0. The molecule has 0 saturated heterocycles. The summed E-state index contributed by atoms with van der Waals surface area (Å²) in [4.78, 5) is 12.7. The van der Waals surface area contributed by atoms with Crippen LogP contribution in [-0.4, -0.2) is 40.8 Å². The molecule has 158 valence electrons. The lowest BCUT2D eigenvalue weighted by atomic mass is 10.2. The fourth-order valence-corrected chi connectivity index (χ4v) is 3.07. The van der Waals surface area contributed by atoms with Crippen molar-refractivity contribution < 1.29 is 14.2 Å². The smallest absolute Gasteiger partial charge is 0.203 e. The van der Waals surface area contributed by atoms with Crippen LogP contribution in [0.1, 0.15) is 0 Å². The second-order valence-electron chi connectivity index (χ2n) is 6.47. The number of methoxy groups -OCH3 is 3. The first-order valence-electron chi connectivity index (χ1n) is 9.44.